The summed E-state index contributed by atoms with van der Waals surface area (Å²) in [5, 5.41) is 10.4. The largest absolute Gasteiger partial charge is 0.388 e. The molecule has 0 amide bonds. The summed E-state index contributed by atoms with van der Waals surface area (Å²) < 4.78 is 17.7. The number of rotatable bonds is 7. The Kier molecular flexibility index (Phi) is 6.36. The van der Waals surface area contributed by atoms with Gasteiger partial charge in [0, 0.05) is 5.56 Å². The number of benzene rings is 2. The molecule has 2 aromatic carbocycles. The molecule has 1 heterocycles. The third kappa shape index (κ3) is 4.77. The lowest BCUT2D eigenvalue weighted by atomic mass is 10.0. The van der Waals surface area contributed by atoms with Crippen LogP contribution in [-0.4, -0.2) is 30.0 Å². The molecule has 132 valence electrons. The molecule has 3 rings (SSSR count). The molecule has 1 N–H and O–H groups in total. The SMILES string of the molecule is C=CC[C@@H](OCc1ccccc1)[C@@H]1O[C@H](c2ccccc2)OC[C@H]1O. The average Bonchev–Trinajstić information content (AvgIpc) is 2.67. The van der Waals surface area contributed by atoms with Crippen molar-refractivity contribution in [3.8, 4) is 0 Å². The van der Waals surface area contributed by atoms with Gasteiger partial charge in [0.2, 0.25) is 0 Å². The molecule has 0 radical (unpaired) electrons. The lowest BCUT2D eigenvalue weighted by Gasteiger charge is -2.38. The molecule has 2 aromatic rings. The van der Waals surface area contributed by atoms with Crippen LogP contribution in [0.3, 0.4) is 0 Å². The zero-order chi connectivity index (χ0) is 17.5. The Hall–Kier alpha value is -1.98. The van der Waals surface area contributed by atoms with Crippen LogP contribution < -0.4 is 0 Å². The summed E-state index contributed by atoms with van der Waals surface area (Å²) in [4.78, 5) is 0. The Bertz CT molecular complexity index is 643. The molecule has 4 nitrogen and oxygen atoms in total. The zero-order valence-corrected chi connectivity index (χ0v) is 14.2. The lowest BCUT2D eigenvalue weighted by molar-refractivity contribution is -0.280. The Labute approximate surface area is 148 Å². The number of ether oxygens (including phenoxy) is 3. The van der Waals surface area contributed by atoms with Crippen molar-refractivity contribution in [1.82, 2.24) is 0 Å². The third-order valence-corrected chi connectivity index (χ3v) is 4.22. The quantitative estimate of drug-likeness (QED) is 0.782. The second-order valence-electron chi connectivity index (χ2n) is 6.10. The van der Waals surface area contributed by atoms with Gasteiger partial charge in [0.25, 0.3) is 0 Å². The van der Waals surface area contributed by atoms with E-state index in [-0.39, 0.29) is 12.7 Å². The molecule has 1 fully saturated rings. The Balaban J connectivity index is 1.68. The van der Waals surface area contributed by atoms with E-state index in [1.807, 2.05) is 60.7 Å². The van der Waals surface area contributed by atoms with Gasteiger partial charge in [0.05, 0.1) is 19.3 Å². The summed E-state index contributed by atoms with van der Waals surface area (Å²) in [6.07, 6.45) is 0.390. The lowest BCUT2D eigenvalue weighted by Crippen LogP contribution is -2.48. The van der Waals surface area contributed by atoms with Crippen LogP contribution in [-0.2, 0) is 20.8 Å². The van der Waals surface area contributed by atoms with E-state index < -0.39 is 18.5 Å². The van der Waals surface area contributed by atoms with E-state index in [4.69, 9.17) is 14.2 Å². The maximum atomic E-state index is 10.4. The van der Waals surface area contributed by atoms with Crippen molar-refractivity contribution in [2.24, 2.45) is 0 Å². The van der Waals surface area contributed by atoms with Gasteiger partial charge in [-0.3, -0.25) is 0 Å². The summed E-state index contributed by atoms with van der Waals surface area (Å²) >= 11 is 0. The number of aliphatic hydroxyl groups excluding tert-OH is 1. The van der Waals surface area contributed by atoms with Crippen LogP contribution in [0, 0.1) is 0 Å². The Morgan fingerprint density at radius 2 is 1.80 bits per heavy atom. The minimum absolute atomic E-state index is 0.215. The first-order chi connectivity index (χ1) is 12.3. The van der Waals surface area contributed by atoms with E-state index >= 15 is 0 Å². The van der Waals surface area contributed by atoms with Gasteiger partial charge in [-0.25, -0.2) is 0 Å². The molecule has 0 spiro atoms. The van der Waals surface area contributed by atoms with Gasteiger partial charge >= 0.3 is 0 Å². The second-order valence-corrected chi connectivity index (χ2v) is 6.10. The first-order valence-electron chi connectivity index (χ1n) is 8.54. The summed E-state index contributed by atoms with van der Waals surface area (Å²) in [6, 6.07) is 19.7. The predicted molar refractivity (Wildman–Crippen MR) is 95.8 cm³/mol. The molecular weight excluding hydrogens is 316 g/mol. The smallest absolute Gasteiger partial charge is 0.184 e. The van der Waals surface area contributed by atoms with Crippen LogP contribution in [0.25, 0.3) is 0 Å². The Morgan fingerprint density at radius 3 is 2.48 bits per heavy atom. The fourth-order valence-corrected chi connectivity index (χ4v) is 2.91. The fraction of sp³-hybridized carbons (Fsp3) is 0.333. The second kappa shape index (κ2) is 8.92. The van der Waals surface area contributed by atoms with Crippen molar-refractivity contribution in [3.05, 3.63) is 84.4 Å². The van der Waals surface area contributed by atoms with Crippen molar-refractivity contribution in [2.45, 2.75) is 37.6 Å². The fourth-order valence-electron chi connectivity index (χ4n) is 2.91. The maximum absolute atomic E-state index is 10.4. The van der Waals surface area contributed by atoms with Crippen LogP contribution in [0.4, 0.5) is 0 Å². The number of aliphatic hydroxyl groups is 1. The first-order valence-corrected chi connectivity index (χ1v) is 8.54. The highest BCUT2D eigenvalue weighted by molar-refractivity contribution is 5.16. The molecule has 25 heavy (non-hydrogen) atoms. The van der Waals surface area contributed by atoms with E-state index in [2.05, 4.69) is 6.58 Å². The van der Waals surface area contributed by atoms with Crippen LogP contribution in [0.1, 0.15) is 23.8 Å². The van der Waals surface area contributed by atoms with Gasteiger partial charge in [-0.15, -0.1) is 6.58 Å². The normalized spacial score (nSPS) is 24.6. The molecule has 0 aliphatic carbocycles. The van der Waals surface area contributed by atoms with Crippen molar-refractivity contribution < 1.29 is 19.3 Å². The van der Waals surface area contributed by atoms with Crippen molar-refractivity contribution in [2.75, 3.05) is 6.61 Å². The minimum Gasteiger partial charge on any atom is -0.388 e. The average molecular weight is 340 g/mol. The summed E-state index contributed by atoms with van der Waals surface area (Å²) in [7, 11) is 0. The van der Waals surface area contributed by atoms with Gasteiger partial charge in [-0.2, -0.15) is 0 Å². The topological polar surface area (TPSA) is 47.9 Å². The highest BCUT2D eigenvalue weighted by Gasteiger charge is 2.37. The molecule has 0 aromatic heterocycles. The molecule has 1 aliphatic heterocycles. The maximum Gasteiger partial charge on any atom is 0.184 e. The molecule has 0 saturated carbocycles. The molecule has 4 heteroatoms. The van der Waals surface area contributed by atoms with Gasteiger partial charge in [0.15, 0.2) is 6.29 Å². The van der Waals surface area contributed by atoms with Gasteiger partial charge in [-0.1, -0.05) is 66.7 Å². The first kappa shape index (κ1) is 17.8. The van der Waals surface area contributed by atoms with E-state index in [9.17, 15) is 5.11 Å². The number of hydrogen-bond acceptors (Lipinski definition) is 4. The predicted octanol–water partition coefficient (Wildman–Crippen LogP) is 3.62. The van der Waals surface area contributed by atoms with E-state index in [1.54, 1.807) is 6.08 Å². The van der Waals surface area contributed by atoms with Crippen molar-refractivity contribution >= 4 is 0 Å². The van der Waals surface area contributed by atoms with Gasteiger partial charge in [-0.05, 0) is 12.0 Å². The van der Waals surface area contributed by atoms with Crippen molar-refractivity contribution in [1.29, 1.82) is 0 Å². The van der Waals surface area contributed by atoms with E-state index in [0.29, 0.717) is 13.0 Å². The molecule has 1 aliphatic rings. The monoisotopic (exact) mass is 340 g/mol. The van der Waals surface area contributed by atoms with Crippen LogP contribution >= 0.6 is 0 Å². The van der Waals surface area contributed by atoms with Crippen molar-refractivity contribution in [3.63, 3.8) is 0 Å². The summed E-state index contributed by atoms with van der Waals surface area (Å²) in [6.45, 7) is 4.48. The summed E-state index contributed by atoms with van der Waals surface area (Å²) in [5.41, 5.74) is 2.01. The van der Waals surface area contributed by atoms with Gasteiger partial charge < -0.3 is 19.3 Å². The minimum atomic E-state index is -0.735. The van der Waals surface area contributed by atoms with Crippen LogP contribution in [0.5, 0.6) is 0 Å². The molecule has 0 unspecified atom stereocenters. The molecule has 4 atom stereocenters. The van der Waals surface area contributed by atoms with Crippen LogP contribution in [0.15, 0.2) is 73.3 Å². The third-order valence-electron chi connectivity index (χ3n) is 4.22. The number of hydrogen-bond donors (Lipinski definition) is 1. The standard InChI is InChI=1S/C21H24O4/c1-2-9-19(23-14-16-10-5-3-6-11-16)20-18(22)15-24-21(25-20)17-12-7-4-8-13-17/h2-8,10-13,18-22H,1,9,14-15H2/t18-,19-,20-,21-/m1/s1. The molecular formula is C21H24O4. The van der Waals surface area contributed by atoms with E-state index in [0.717, 1.165) is 11.1 Å². The highest BCUT2D eigenvalue weighted by Crippen LogP contribution is 2.30. The van der Waals surface area contributed by atoms with E-state index in [1.165, 1.54) is 0 Å². The van der Waals surface area contributed by atoms with Crippen LogP contribution in [0.2, 0.25) is 0 Å². The highest BCUT2D eigenvalue weighted by atomic mass is 16.7. The molecule has 1 saturated heterocycles. The zero-order valence-electron chi connectivity index (χ0n) is 14.2. The van der Waals surface area contributed by atoms with Gasteiger partial charge in [0.1, 0.15) is 12.2 Å². The Morgan fingerprint density at radius 1 is 1.12 bits per heavy atom. The molecule has 0 bridgehead atoms. The summed E-state index contributed by atoms with van der Waals surface area (Å²) in [5.74, 6) is 0.